The molecule has 2 heterocycles. The number of hydrogen-bond acceptors (Lipinski definition) is 5. The molecule has 0 amide bonds. The highest BCUT2D eigenvalue weighted by molar-refractivity contribution is 7.89. The topological polar surface area (TPSA) is 81.2 Å². The zero-order valence-electron chi connectivity index (χ0n) is 12.2. The van der Waals surface area contributed by atoms with Crippen LogP contribution >= 0.6 is 11.3 Å². The van der Waals surface area contributed by atoms with E-state index in [4.69, 9.17) is 5.73 Å². The molecule has 0 unspecified atom stereocenters. The minimum absolute atomic E-state index is 0.267. The first-order valence-corrected chi connectivity index (χ1v) is 9.09. The van der Waals surface area contributed by atoms with Crippen LogP contribution < -0.4 is 5.73 Å². The van der Waals surface area contributed by atoms with E-state index in [1.807, 2.05) is 16.9 Å². The third-order valence-corrected chi connectivity index (χ3v) is 5.61. The zero-order chi connectivity index (χ0) is 15.5. The molecule has 0 bridgehead atoms. The van der Waals surface area contributed by atoms with Gasteiger partial charge in [0.15, 0.2) is 0 Å². The zero-order valence-corrected chi connectivity index (χ0v) is 13.8. The van der Waals surface area contributed by atoms with E-state index < -0.39 is 10.0 Å². The molecule has 21 heavy (non-hydrogen) atoms. The van der Waals surface area contributed by atoms with Crippen molar-refractivity contribution in [1.29, 1.82) is 0 Å². The highest BCUT2D eigenvalue weighted by atomic mass is 32.2. The second kappa shape index (κ2) is 6.69. The first-order valence-electron chi connectivity index (χ1n) is 6.71. The van der Waals surface area contributed by atoms with Crippen LogP contribution in [-0.4, -0.2) is 29.3 Å². The van der Waals surface area contributed by atoms with Crippen molar-refractivity contribution in [1.82, 2.24) is 13.9 Å². The number of sulfonamides is 1. The van der Waals surface area contributed by atoms with Gasteiger partial charge in [0.25, 0.3) is 0 Å². The number of aryl methyl sites for hydroxylation is 1. The quantitative estimate of drug-likeness (QED) is 0.837. The van der Waals surface area contributed by atoms with Crippen LogP contribution in [0.3, 0.4) is 0 Å². The van der Waals surface area contributed by atoms with Crippen molar-refractivity contribution < 1.29 is 8.42 Å². The molecule has 2 aromatic rings. The lowest BCUT2D eigenvalue weighted by Crippen LogP contribution is -2.26. The van der Waals surface area contributed by atoms with Crippen LogP contribution in [0.5, 0.6) is 0 Å². The third-order valence-electron chi connectivity index (χ3n) is 3.21. The van der Waals surface area contributed by atoms with Crippen LogP contribution in [0.2, 0.25) is 0 Å². The van der Waals surface area contributed by atoms with Gasteiger partial charge in [-0.15, -0.1) is 11.3 Å². The average molecular weight is 328 g/mol. The fourth-order valence-corrected chi connectivity index (χ4v) is 3.85. The van der Waals surface area contributed by atoms with Crippen LogP contribution in [0.4, 0.5) is 0 Å². The van der Waals surface area contributed by atoms with Gasteiger partial charge in [0.05, 0.1) is 17.7 Å². The Bertz CT molecular complexity index is 677. The Labute approximate surface area is 129 Å². The maximum Gasteiger partial charge on any atom is 0.244 e. The van der Waals surface area contributed by atoms with Crippen molar-refractivity contribution in [3.8, 4) is 0 Å². The maximum atomic E-state index is 12.6. The largest absolute Gasteiger partial charge is 0.349 e. The van der Waals surface area contributed by atoms with E-state index >= 15 is 0 Å². The van der Waals surface area contributed by atoms with Crippen LogP contribution in [0, 0.1) is 0 Å². The first-order chi connectivity index (χ1) is 9.98. The van der Waals surface area contributed by atoms with E-state index in [0.717, 1.165) is 24.4 Å². The number of hydrogen-bond donors (Lipinski definition) is 1. The predicted octanol–water partition coefficient (Wildman–Crippen LogP) is 1.63. The number of nitrogens with zero attached hydrogens (tertiary/aromatic N) is 3. The molecule has 2 N–H and O–H groups in total. The van der Waals surface area contributed by atoms with Gasteiger partial charge >= 0.3 is 0 Å². The molecule has 116 valence electrons. The molecule has 0 radical (unpaired) electrons. The van der Waals surface area contributed by atoms with Gasteiger partial charge in [-0.05, 0) is 12.5 Å². The molecular formula is C13H20N4O2S2. The van der Waals surface area contributed by atoms with Crippen molar-refractivity contribution in [3.05, 3.63) is 34.5 Å². The Morgan fingerprint density at radius 3 is 2.81 bits per heavy atom. The molecule has 0 spiro atoms. The number of nitrogens with two attached hydrogens (primary N) is 1. The molecule has 6 nitrogen and oxygen atoms in total. The van der Waals surface area contributed by atoms with Crippen LogP contribution in [-0.2, 0) is 29.7 Å². The summed E-state index contributed by atoms with van der Waals surface area (Å²) < 4.78 is 28.4. The van der Waals surface area contributed by atoms with Gasteiger partial charge in [-0.25, -0.2) is 13.4 Å². The fraction of sp³-hybridized carbons (Fsp3) is 0.462. The molecule has 0 aliphatic rings. The van der Waals surface area contributed by atoms with Crippen LogP contribution in [0.25, 0.3) is 0 Å². The molecule has 2 rings (SSSR count). The standard InChI is InChI=1S/C13H20N4O2S2/c1-3-4-17-8-13(5-12(17)6-14)21(18,19)16(2)7-11-9-20-10-15-11/h5,8-10H,3-4,6-7,14H2,1-2H3. The molecule has 0 aliphatic heterocycles. The van der Waals surface area contributed by atoms with Crippen molar-refractivity contribution in [2.75, 3.05) is 7.05 Å². The van der Waals surface area contributed by atoms with E-state index in [-0.39, 0.29) is 11.4 Å². The van der Waals surface area contributed by atoms with Gasteiger partial charge in [-0.1, -0.05) is 6.92 Å². The SMILES string of the molecule is CCCn1cc(S(=O)(=O)N(C)Cc2cscn2)cc1CN. The van der Waals surface area contributed by atoms with Crippen LogP contribution in [0.1, 0.15) is 24.7 Å². The second-order valence-electron chi connectivity index (χ2n) is 4.81. The highest BCUT2D eigenvalue weighted by Crippen LogP contribution is 2.20. The summed E-state index contributed by atoms with van der Waals surface area (Å²) in [5, 5.41) is 1.85. The van der Waals surface area contributed by atoms with E-state index in [9.17, 15) is 8.42 Å². The summed E-state index contributed by atoms with van der Waals surface area (Å²) in [4.78, 5) is 4.41. The van der Waals surface area contributed by atoms with E-state index in [2.05, 4.69) is 4.98 Å². The molecule has 0 fully saturated rings. The summed E-state index contributed by atoms with van der Waals surface area (Å²) in [7, 11) is -1.96. The van der Waals surface area contributed by atoms with Crippen molar-refractivity contribution >= 4 is 21.4 Å². The van der Waals surface area contributed by atoms with E-state index in [0.29, 0.717) is 6.54 Å². The van der Waals surface area contributed by atoms with Crippen molar-refractivity contribution in [2.45, 2.75) is 37.9 Å². The summed E-state index contributed by atoms with van der Waals surface area (Å²) >= 11 is 1.45. The van der Waals surface area contributed by atoms with Crippen LogP contribution in [0.15, 0.2) is 28.0 Å². The summed E-state index contributed by atoms with van der Waals surface area (Å²) in [6.07, 6.45) is 2.59. The number of aromatic nitrogens is 2. The van der Waals surface area contributed by atoms with Crippen molar-refractivity contribution in [3.63, 3.8) is 0 Å². The Kier molecular flexibility index (Phi) is 5.15. The van der Waals surface area contributed by atoms with E-state index in [1.54, 1.807) is 24.8 Å². The Hall–Kier alpha value is -1.22. The molecular weight excluding hydrogens is 308 g/mol. The summed E-state index contributed by atoms with van der Waals surface area (Å²) in [5.41, 5.74) is 8.96. The van der Waals surface area contributed by atoms with Gasteiger partial charge in [0.1, 0.15) is 4.90 Å². The predicted molar refractivity (Wildman–Crippen MR) is 83.4 cm³/mol. The van der Waals surface area contributed by atoms with Gasteiger partial charge in [0.2, 0.25) is 10.0 Å². The van der Waals surface area contributed by atoms with Crippen molar-refractivity contribution in [2.24, 2.45) is 5.73 Å². The lowest BCUT2D eigenvalue weighted by molar-refractivity contribution is 0.463. The molecule has 8 heteroatoms. The molecule has 0 atom stereocenters. The monoisotopic (exact) mass is 328 g/mol. The third kappa shape index (κ3) is 3.52. The fourth-order valence-electron chi connectivity index (χ4n) is 2.10. The molecule has 0 saturated heterocycles. The summed E-state index contributed by atoms with van der Waals surface area (Å²) in [6.45, 7) is 3.40. The minimum Gasteiger partial charge on any atom is -0.349 e. The lowest BCUT2D eigenvalue weighted by Gasteiger charge is -2.14. The maximum absolute atomic E-state index is 12.6. The number of rotatable bonds is 7. The lowest BCUT2D eigenvalue weighted by atomic mass is 10.4. The second-order valence-corrected chi connectivity index (χ2v) is 7.57. The average Bonchev–Trinajstić information content (AvgIpc) is 3.08. The van der Waals surface area contributed by atoms with E-state index in [1.165, 1.54) is 15.6 Å². The molecule has 0 saturated carbocycles. The smallest absolute Gasteiger partial charge is 0.244 e. The first kappa shape index (κ1) is 16.2. The summed E-state index contributed by atoms with van der Waals surface area (Å²) in [6, 6.07) is 1.66. The highest BCUT2D eigenvalue weighted by Gasteiger charge is 2.23. The van der Waals surface area contributed by atoms with Gasteiger partial charge in [-0.3, -0.25) is 0 Å². The molecule has 0 aromatic carbocycles. The van der Waals surface area contributed by atoms with Gasteiger partial charge in [-0.2, -0.15) is 4.31 Å². The molecule has 0 aliphatic carbocycles. The van der Waals surface area contributed by atoms with Gasteiger partial charge < -0.3 is 10.3 Å². The Morgan fingerprint density at radius 2 is 2.24 bits per heavy atom. The van der Waals surface area contributed by atoms with Gasteiger partial charge in [0, 0.05) is 37.4 Å². The molecule has 2 aromatic heterocycles. The normalized spacial score (nSPS) is 12.2. The summed E-state index contributed by atoms with van der Waals surface area (Å²) in [5.74, 6) is 0. The Balaban J connectivity index is 2.26. The number of thiazole rings is 1. The minimum atomic E-state index is -3.52. The Morgan fingerprint density at radius 1 is 1.48 bits per heavy atom.